The molecule has 6 nitrogen and oxygen atoms in total. The van der Waals surface area contributed by atoms with Crippen molar-refractivity contribution < 1.29 is 32.3 Å². The van der Waals surface area contributed by atoms with Crippen LogP contribution in [0.1, 0.15) is 37.8 Å². The van der Waals surface area contributed by atoms with Crippen molar-refractivity contribution in [2.45, 2.75) is 51.7 Å². The predicted molar refractivity (Wildman–Crippen MR) is 105 cm³/mol. The molecule has 1 atom stereocenters. The van der Waals surface area contributed by atoms with Crippen LogP contribution in [0.2, 0.25) is 0 Å². The van der Waals surface area contributed by atoms with Gasteiger partial charge < -0.3 is 15.0 Å². The molecule has 1 heterocycles. The number of anilines is 1. The van der Waals surface area contributed by atoms with Crippen LogP contribution >= 0.6 is 0 Å². The molecule has 1 fully saturated rings. The summed E-state index contributed by atoms with van der Waals surface area (Å²) in [4.78, 5) is 36.9. The minimum absolute atomic E-state index is 0.317. The van der Waals surface area contributed by atoms with Crippen LogP contribution in [0.15, 0.2) is 30.5 Å². The van der Waals surface area contributed by atoms with Crippen LogP contribution in [0.3, 0.4) is 0 Å². The zero-order chi connectivity index (χ0) is 22.3. The molecular formula is C21H25F3N2O4. The summed E-state index contributed by atoms with van der Waals surface area (Å²) < 4.78 is 42.0. The molecular weight excluding hydrogens is 401 g/mol. The quantitative estimate of drug-likeness (QED) is 0.509. The van der Waals surface area contributed by atoms with Crippen LogP contribution in [0.4, 0.5) is 18.9 Å². The van der Waals surface area contributed by atoms with Gasteiger partial charge in [0, 0.05) is 24.5 Å². The van der Waals surface area contributed by atoms with E-state index in [9.17, 15) is 27.6 Å². The Hall–Kier alpha value is -2.84. The topological polar surface area (TPSA) is 75.7 Å². The lowest BCUT2D eigenvalue weighted by atomic mass is 10.0. The number of hydrogen-bond acceptors (Lipinski definition) is 5. The first-order valence-electron chi connectivity index (χ1n) is 9.79. The number of benzene rings is 1. The molecule has 164 valence electrons. The number of rotatable bonds is 8. The highest BCUT2D eigenvalue weighted by molar-refractivity contribution is 5.95. The van der Waals surface area contributed by atoms with Gasteiger partial charge in [-0.25, -0.2) is 4.79 Å². The largest absolute Gasteiger partial charge is 0.454 e. The fourth-order valence-electron chi connectivity index (χ4n) is 3.29. The average Bonchev–Trinajstić information content (AvgIpc) is 3.18. The molecule has 2 rings (SSSR count). The Morgan fingerprint density at radius 3 is 2.40 bits per heavy atom. The van der Waals surface area contributed by atoms with Gasteiger partial charge in [-0.3, -0.25) is 9.59 Å². The third-order valence-corrected chi connectivity index (χ3v) is 4.87. The van der Waals surface area contributed by atoms with Crippen molar-refractivity contribution in [3.05, 3.63) is 41.6 Å². The Morgan fingerprint density at radius 1 is 1.20 bits per heavy atom. The summed E-state index contributed by atoms with van der Waals surface area (Å²) >= 11 is 0. The number of esters is 1. The van der Waals surface area contributed by atoms with Crippen molar-refractivity contribution in [3.63, 3.8) is 0 Å². The molecule has 1 unspecified atom stereocenters. The maximum Gasteiger partial charge on any atom is 0.454 e. The lowest BCUT2D eigenvalue weighted by Gasteiger charge is -2.21. The first-order chi connectivity index (χ1) is 14.2. The van der Waals surface area contributed by atoms with Gasteiger partial charge in [0.2, 0.25) is 0 Å². The van der Waals surface area contributed by atoms with E-state index in [-0.39, 0.29) is 0 Å². The zero-order valence-corrected chi connectivity index (χ0v) is 16.9. The molecule has 9 heteroatoms. The summed E-state index contributed by atoms with van der Waals surface area (Å²) in [5.74, 6) is -3.21. The van der Waals surface area contributed by atoms with E-state index in [2.05, 4.69) is 5.32 Å². The molecule has 0 radical (unpaired) electrons. The van der Waals surface area contributed by atoms with Crippen molar-refractivity contribution in [2.75, 3.05) is 18.5 Å². The second-order valence-electron chi connectivity index (χ2n) is 6.89. The smallest absolute Gasteiger partial charge is 0.454 e. The van der Waals surface area contributed by atoms with E-state index in [1.165, 1.54) is 4.90 Å². The number of ether oxygens (including phenoxy) is 1. The summed E-state index contributed by atoms with van der Waals surface area (Å²) in [6, 6.07) is 4.90. The standard InChI is InChI=1S/C21H25F3N2O4/c1-3-14-7-5-8-15(4-2)19(14)25-18(28)13-30-20(29)16-9-6-11-26(16)12-10-17(27)21(22,23)24/h5,7-8,10,12,16H,3-4,6,9,11,13H2,1-2H3,(H,25,28). The number of allylic oxidation sites excluding steroid dienone is 1. The number of nitrogens with zero attached hydrogens (tertiary/aromatic N) is 1. The molecule has 1 aliphatic heterocycles. The van der Waals surface area contributed by atoms with E-state index in [1.807, 2.05) is 32.0 Å². The molecule has 0 bridgehead atoms. The molecule has 1 saturated heterocycles. The maximum atomic E-state index is 12.3. The highest BCUT2D eigenvalue weighted by atomic mass is 19.4. The first-order valence-corrected chi connectivity index (χ1v) is 9.79. The van der Waals surface area contributed by atoms with Crippen molar-refractivity contribution in [1.29, 1.82) is 0 Å². The number of carbonyl (C=O) groups is 3. The van der Waals surface area contributed by atoms with Crippen LogP contribution in [0.25, 0.3) is 0 Å². The van der Waals surface area contributed by atoms with Gasteiger partial charge in [0.1, 0.15) is 6.04 Å². The molecule has 0 aliphatic carbocycles. The van der Waals surface area contributed by atoms with Gasteiger partial charge >= 0.3 is 12.1 Å². The predicted octanol–water partition coefficient (Wildman–Crippen LogP) is 3.40. The fraction of sp³-hybridized carbons (Fsp3) is 0.476. The Balaban J connectivity index is 1.94. The summed E-state index contributed by atoms with van der Waals surface area (Å²) in [5, 5.41) is 2.78. The van der Waals surface area contributed by atoms with Gasteiger partial charge in [-0.05, 0) is 36.8 Å². The molecule has 1 amide bonds. The Labute approximate surface area is 173 Å². The number of carbonyl (C=O) groups excluding carboxylic acids is 3. The Morgan fingerprint density at radius 2 is 1.83 bits per heavy atom. The Bertz CT molecular complexity index is 799. The number of nitrogens with one attached hydrogen (secondary N) is 1. The molecule has 1 N–H and O–H groups in total. The second kappa shape index (κ2) is 10.3. The molecule has 1 aromatic rings. The van der Waals surface area contributed by atoms with Gasteiger partial charge in [-0.2, -0.15) is 13.2 Å². The number of ketones is 1. The number of amides is 1. The number of para-hydroxylation sites is 1. The number of aryl methyl sites for hydroxylation is 2. The molecule has 1 aromatic carbocycles. The zero-order valence-electron chi connectivity index (χ0n) is 16.9. The van der Waals surface area contributed by atoms with Crippen molar-refractivity contribution in [3.8, 4) is 0 Å². The lowest BCUT2D eigenvalue weighted by molar-refractivity contribution is -0.165. The van der Waals surface area contributed by atoms with E-state index in [0.29, 0.717) is 31.1 Å². The molecule has 0 spiro atoms. The number of halogens is 3. The molecule has 1 aliphatic rings. The summed E-state index contributed by atoms with van der Waals surface area (Å²) in [5.41, 5.74) is 2.64. The van der Waals surface area contributed by atoms with Crippen molar-refractivity contribution >= 4 is 23.3 Å². The van der Waals surface area contributed by atoms with Crippen molar-refractivity contribution in [1.82, 2.24) is 4.90 Å². The number of hydrogen-bond donors (Lipinski definition) is 1. The highest BCUT2D eigenvalue weighted by Crippen LogP contribution is 2.23. The summed E-state index contributed by atoms with van der Waals surface area (Å²) in [6.45, 7) is 3.75. The maximum absolute atomic E-state index is 12.3. The van der Waals surface area contributed by atoms with Gasteiger partial charge in [0.15, 0.2) is 6.61 Å². The average molecular weight is 426 g/mol. The fourth-order valence-corrected chi connectivity index (χ4v) is 3.29. The van der Waals surface area contributed by atoms with E-state index in [1.54, 1.807) is 0 Å². The van der Waals surface area contributed by atoms with Gasteiger partial charge in [-0.15, -0.1) is 0 Å². The van der Waals surface area contributed by atoms with Crippen molar-refractivity contribution in [2.24, 2.45) is 0 Å². The molecule has 0 aromatic heterocycles. The van der Waals surface area contributed by atoms with E-state index >= 15 is 0 Å². The van der Waals surface area contributed by atoms with Crippen LogP contribution in [0.5, 0.6) is 0 Å². The second-order valence-corrected chi connectivity index (χ2v) is 6.89. The normalized spacial score (nSPS) is 16.7. The minimum atomic E-state index is -4.96. The monoisotopic (exact) mass is 426 g/mol. The third-order valence-electron chi connectivity index (χ3n) is 4.87. The summed E-state index contributed by atoms with van der Waals surface area (Å²) in [6.07, 6.45) is -1.24. The number of likely N-dealkylation sites (tertiary alicyclic amines) is 1. The number of alkyl halides is 3. The summed E-state index contributed by atoms with van der Waals surface area (Å²) in [7, 11) is 0. The third kappa shape index (κ3) is 6.08. The molecule has 0 saturated carbocycles. The lowest BCUT2D eigenvalue weighted by Crippen LogP contribution is -2.35. The van der Waals surface area contributed by atoms with Crippen LogP contribution in [-0.4, -0.2) is 47.9 Å². The highest BCUT2D eigenvalue weighted by Gasteiger charge is 2.37. The SMILES string of the molecule is CCc1cccc(CC)c1NC(=O)COC(=O)C1CCCN1C=CC(=O)C(F)(F)F. The van der Waals surface area contributed by atoms with Gasteiger partial charge in [-0.1, -0.05) is 32.0 Å². The van der Waals surface area contributed by atoms with E-state index in [0.717, 1.165) is 30.2 Å². The molecule has 30 heavy (non-hydrogen) atoms. The first kappa shape index (κ1) is 23.4. The van der Waals surface area contributed by atoms with Crippen LogP contribution in [0, 0.1) is 0 Å². The van der Waals surface area contributed by atoms with Crippen LogP contribution < -0.4 is 5.32 Å². The minimum Gasteiger partial charge on any atom is -0.454 e. The van der Waals surface area contributed by atoms with E-state index < -0.39 is 36.5 Å². The van der Waals surface area contributed by atoms with Crippen LogP contribution in [-0.2, 0) is 32.0 Å². The van der Waals surface area contributed by atoms with Gasteiger partial charge in [0.05, 0.1) is 0 Å². The van der Waals surface area contributed by atoms with E-state index in [4.69, 9.17) is 4.74 Å². The Kier molecular flexibility index (Phi) is 8.02. The van der Waals surface area contributed by atoms with Gasteiger partial charge in [0.25, 0.3) is 11.7 Å².